The van der Waals surface area contributed by atoms with Gasteiger partial charge >= 0.3 is 0 Å². The van der Waals surface area contributed by atoms with Crippen molar-refractivity contribution in [2.24, 2.45) is 0 Å². The molecule has 2 aliphatic rings. The molecule has 1 N–H and O–H groups in total. The van der Waals surface area contributed by atoms with Crippen LogP contribution in [0.15, 0.2) is 58.9 Å². The van der Waals surface area contributed by atoms with Gasteiger partial charge in [0.05, 0.1) is 11.6 Å². The molecule has 28 heavy (non-hydrogen) atoms. The number of fused-ring (bicyclic) bond motifs is 1. The van der Waals surface area contributed by atoms with E-state index in [1.54, 1.807) is 29.3 Å². The minimum Gasteiger partial charge on any atom is -0.507 e. The molecule has 5 nitrogen and oxygen atoms in total. The Morgan fingerprint density at radius 1 is 1.11 bits per heavy atom. The molecule has 2 heterocycles. The summed E-state index contributed by atoms with van der Waals surface area (Å²) in [6, 6.07) is 5.87. The quantitative estimate of drug-likeness (QED) is 0.460. The van der Waals surface area contributed by atoms with Crippen molar-refractivity contribution in [1.29, 1.82) is 0 Å². The van der Waals surface area contributed by atoms with Crippen molar-refractivity contribution in [2.75, 3.05) is 6.54 Å². The monoisotopic (exact) mass is 400 g/mol. The molecule has 0 unspecified atom stereocenters. The predicted molar refractivity (Wildman–Crippen MR) is 110 cm³/mol. The van der Waals surface area contributed by atoms with Gasteiger partial charge in [-0.25, -0.2) is 5.01 Å². The van der Waals surface area contributed by atoms with Crippen molar-refractivity contribution in [3.8, 4) is 0 Å². The number of aliphatic hydroxyl groups excluding tert-OH is 1. The number of hydrazine groups is 1. The van der Waals surface area contributed by atoms with E-state index in [9.17, 15) is 14.7 Å². The van der Waals surface area contributed by atoms with Crippen molar-refractivity contribution in [1.82, 2.24) is 10.0 Å². The minimum atomic E-state index is -0.744. The summed E-state index contributed by atoms with van der Waals surface area (Å²) < 4.78 is 0. The Kier molecular flexibility index (Phi) is 5.77. The Labute approximate surface area is 170 Å². The third kappa shape index (κ3) is 3.77. The zero-order valence-electron chi connectivity index (χ0n) is 16.6. The lowest BCUT2D eigenvalue weighted by Gasteiger charge is -2.44. The second-order valence-corrected chi connectivity index (χ2v) is 8.12. The Morgan fingerprint density at radius 3 is 2.32 bits per heavy atom. The number of nitrogens with zero attached hydrogens (tertiary/aromatic N) is 2. The summed E-state index contributed by atoms with van der Waals surface area (Å²) in [7, 11) is 0. The Balaban J connectivity index is 2.24. The van der Waals surface area contributed by atoms with Gasteiger partial charge in [-0.1, -0.05) is 41.0 Å². The lowest BCUT2D eigenvalue weighted by atomic mass is 9.87. The first-order valence-corrected chi connectivity index (χ1v) is 9.70. The van der Waals surface area contributed by atoms with Gasteiger partial charge in [-0.15, -0.1) is 0 Å². The number of benzene rings is 1. The fourth-order valence-electron chi connectivity index (χ4n) is 3.76. The van der Waals surface area contributed by atoms with Crippen molar-refractivity contribution in [3.63, 3.8) is 0 Å². The van der Waals surface area contributed by atoms with E-state index in [1.807, 2.05) is 44.8 Å². The molecule has 148 valence electrons. The number of ketones is 1. The SMILES string of the molecule is CC(C)=C/C(O)=C1/C(=O)[C@H](C=C(C)C)N2C(=O)CCN2[C@H]1c1ccc(Cl)cc1. The molecule has 0 aromatic heterocycles. The average Bonchev–Trinajstić information content (AvgIpc) is 2.98. The van der Waals surface area contributed by atoms with Gasteiger partial charge in [0.15, 0.2) is 5.78 Å². The van der Waals surface area contributed by atoms with Crippen LogP contribution in [0.3, 0.4) is 0 Å². The van der Waals surface area contributed by atoms with Crippen molar-refractivity contribution in [3.05, 3.63) is 69.5 Å². The minimum absolute atomic E-state index is 0.0592. The summed E-state index contributed by atoms with van der Waals surface area (Å²) in [5.41, 5.74) is 2.92. The number of carbonyl (C=O) groups is 2. The third-order valence-electron chi connectivity index (χ3n) is 4.83. The first-order chi connectivity index (χ1) is 13.2. The molecule has 1 aromatic carbocycles. The number of halogens is 1. The fourth-order valence-corrected chi connectivity index (χ4v) is 3.89. The van der Waals surface area contributed by atoms with E-state index in [0.717, 1.165) is 16.7 Å². The van der Waals surface area contributed by atoms with Gasteiger partial charge in [0.1, 0.15) is 11.8 Å². The maximum atomic E-state index is 13.5. The van der Waals surface area contributed by atoms with Crippen LogP contribution in [-0.4, -0.2) is 39.4 Å². The number of hydrogen-bond acceptors (Lipinski definition) is 4. The van der Waals surface area contributed by atoms with E-state index in [2.05, 4.69) is 0 Å². The lowest BCUT2D eigenvalue weighted by molar-refractivity contribution is -0.154. The summed E-state index contributed by atoms with van der Waals surface area (Å²) in [4.78, 5) is 26.1. The molecule has 2 aliphatic heterocycles. The molecular weight excluding hydrogens is 376 g/mol. The average molecular weight is 401 g/mol. The summed E-state index contributed by atoms with van der Waals surface area (Å²) >= 11 is 6.04. The first-order valence-electron chi connectivity index (χ1n) is 9.32. The molecule has 0 aliphatic carbocycles. The second kappa shape index (κ2) is 7.94. The summed E-state index contributed by atoms with van der Waals surface area (Å²) in [6.07, 6.45) is 3.72. The normalized spacial score (nSPS) is 24.1. The third-order valence-corrected chi connectivity index (χ3v) is 5.09. The van der Waals surface area contributed by atoms with Crippen LogP contribution >= 0.6 is 11.6 Å². The molecular formula is C22H25ClN2O3. The van der Waals surface area contributed by atoms with Crippen LogP contribution in [-0.2, 0) is 9.59 Å². The molecule has 2 saturated heterocycles. The zero-order chi connectivity index (χ0) is 20.6. The highest BCUT2D eigenvalue weighted by Gasteiger charge is 2.50. The largest absolute Gasteiger partial charge is 0.507 e. The molecule has 6 heteroatoms. The van der Waals surface area contributed by atoms with Crippen molar-refractivity contribution < 1.29 is 14.7 Å². The van der Waals surface area contributed by atoms with Crippen LogP contribution in [0.1, 0.15) is 45.7 Å². The molecule has 3 rings (SSSR count). The molecule has 2 fully saturated rings. The van der Waals surface area contributed by atoms with Crippen LogP contribution in [0.2, 0.25) is 5.02 Å². The molecule has 0 saturated carbocycles. The van der Waals surface area contributed by atoms with Crippen LogP contribution in [0.25, 0.3) is 0 Å². The van der Waals surface area contributed by atoms with E-state index < -0.39 is 12.1 Å². The van der Waals surface area contributed by atoms with E-state index in [1.165, 1.54) is 0 Å². The standard InChI is InChI=1S/C22H25ClN2O3/c1-13(2)11-17-22(28)20(18(26)12-14(3)4)21(15-5-7-16(23)8-6-15)24-10-9-19(27)25(17)24/h5-8,11-12,17,21,26H,9-10H2,1-4H3/b20-18-/t17-,21-/m0/s1. The van der Waals surface area contributed by atoms with Gasteiger partial charge in [0.2, 0.25) is 5.91 Å². The van der Waals surface area contributed by atoms with E-state index >= 15 is 0 Å². The van der Waals surface area contributed by atoms with Gasteiger partial charge in [-0.05, 0) is 51.5 Å². The molecule has 1 aromatic rings. The number of Topliss-reactive ketones (excluding diaryl/α,β-unsaturated/α-hetero) is 1. The Bertz CT molecular complexity index is 891. The fraction of sp³-hybridized carbons (Fsp3) is 0.364. The second-order valence-electron chi connectivity index (χ2n) is 7.68. The zero-order valence-corrected chi connectivity index (χ0v) is 17.3. The van der Waals surface area contributed by atoms with Crippen molar-refractivity contribution in [2.45, 2.75) is 46.2 Å². The van der Waals surface area contributed by atoms with Gasteiger partial charge < -0.3 is 5.11 Å². The highest BCUT2D eigenvalue weighted by molar-refractivity contribution is 6.30. The molecule has 0 radical (unpaired) electrons. The molecule has 0 bridgehead atoms. The Morgan fingerprint density at radius 2 is 1.75 bits per heavy atom. The first kappa shape index (κ1) is 20.4. The lowest BCUT2D eigenvalue weighted by Crippen LogP contribution is -2.56. The maximum absolute atomic E-state index is 13.5. The smallest absolute Gasteiger partial charge is 0.239 e. The molecule has 1 amide bonds. The number of amides is 1. The summed E-state index contributed by atoms with van der Waals surface area (Å²) in [5.74, 6) is -0.408. The number of carbonyl (C=O) groups excluding carboxylic acids is 2. The van der Waals surface area contributed by atoms with Gasteiger partial charge in [0, 0.05) is 18.0 Å². The summed E-state index contributed by atoms with van der Waals surface area (Å²) in [5, 5.41) is 14.9. The number of rotatable bonds is 3. The number of allylic oxidation sites excluding steroid dienone is 3. The van der Waals surface area contributed by atoms with Crippen molar-refractivity contribution >= 4 is 23.3 Å². The Hall–Kier alpha value is -2.37. The van der Waals surface area contributed by atoms with E-state index in [-0.39, 0.29) is 17.4 Å². The maximum Gasteiger partial charge on any atom is 0.239 e. The van der Waals surface area contributed by atoms with Gasteiger partial charge in [0.25, 0.3) is 0 Å². The van der Waals surface area contributed by atoms with Gasteiger partial charge in [-0.3, -0.25) is 14.6 Å². The van der Waals surface area contributed by atoms with Crippen LogP contribution in [0.5, 0.6) is 0 Å². The van der Waals surface area contributed by atoms with Crippen LogP contribution in [0, 0.1) is 0 Å². The number of aliphatic hydroxyl groups is 1. The van der Waals surface area contributed by atoms with Gasteiger partial charge in [-0.2, -0.15) is 0 Å². The van der Waals surface area contributed by atoms with Crippen LogP contribution < -0.4 is 0 Å². The van der Waals surface area contributed by atoms with E-state index in [4.69, 9.17) is 11.6 Å². The molecule has 0 spiro atoms. The molecule has 2 atom stereocenters. The topological polar surface area (TPSA) is 60.9 Å². The highest BCUT2D eigenvalue weighted by Crippen LogP contribution is 2.41. The number of hydrogen-bond donors (Lipinski definition) is 1. The van der Waals surface area contributed by atoms with Crippen LogP contribution in [0.4, 0.5) is 0 Å². The highest BCUT2D eigenvalue weighted by atomic mass is 35.5. The summed E-state index contributed by atoms with van der Waals surface area (Å²) in [6.45, 7) is 7.99. The predicted octanol–water partition coefficient (Wildman–Crippen LogP) is 4.53. The van der Waals surface area contributed by atoms with E-state index in [0.29, 0.717) is 23.6 Å².